The number of hydrogen-bond donors (Lipinski definition) is 3. The normalized spacial score (nSPS) is 15.6. The van der Waals surface area contributed by atoms with Gasteiger partial charge in [-0.2, -0.15) is 0 Å². The summed E-state index contributed by atoms with van der Waals surface area (Å²) >= 11 is 0. The van der Waals surface area contributed by atoms with Gasteiger partial charge in [0.1, 0.15) is 6.04 Å². The molecule has 7 heteroatoms. The fourth-order valence-electron chi connectivity index (χ4n) is 3.69. The molecular formula is C24H38N4O3. The van der Waals surface area contributed by atoms with Gasteiger partial charge in [-0.15, -0.1) is 0 Å². The first-order chi connectivity index (χ1) is 14.7. The van der Waals surface area contributed by atoms with E-state index in [0.717, 1.165) is 11.3 Å². The molecule has 1 heterocycles. The van der Waals surface area contributed by atoms with Gasteiger partial charge in [0.05, 0.1) is 0 Å². The molecule has 31 heavy (non-hydrogen) atoms. The van der Waals surface area contributed by atoms with Crippen molar-refractivity contribution in [3.8, 4) is 0 Å². The van der Waals surface area contributed by atoms with Crippen LogP contribution in [0.3, 0.4) is 0 Å². The Morgan fingerprint density at radius 1 is 1.00 bits per heavy atom. The van der Waals surface area contributed by atoms with Crippen molar-refractivity contribution in [1.29, 1.82) is 0 Å². The summed E-state index contributed by atoms with van der Waals surface area (Å²) in [4.78, 5) is 39.6. The number of piperidine rings is 1. The van der Waals surface area contributed by atoms with Crippen LogP contribution in [0.15, 0.2) is 24.3 Å². The Balaban J connectivity index is 1.96. The Bertz CT molecular complexity index is 738. The molecule has 0 aliphatic carbocycles. The van der Waals surface area contributed by atoms with Crippen LogP contribution in [-0.2, 0) is 9.59 Å². The molecule has 0 radical (unpaired) electrons. The number of benzene rings is 1. The molecule has 1 saturated heterocycles. The lowest BCUT2D eigenvalue weighted by Gasteiger charge is -2.36. The molecule has 7 nitrogen and oxygen atoms in total. The molecule has 1 fully saturated rings. The number of anilines is 1. The van der Waals surface area contributed by atoms with Crippen molar-refractivity contribution in [2.24, 2.45) is 17.8 Å². The monoisotopic (exact) mass is 430 g/mol. The Hall–Kier alpha value is -2.57. The van der Waals surface area contributed by atoms with Gasteiger partial charge >= 0.3 is 6.03 Å². The van der Waals surface area contributed by atoms with E-state index in [1.54, 1.807) is 4.90 Å². The van der Waals surface area contributed by atoms with Gasteiger partial charge in [-0.05, 0) is 49.7 Å². The summed E-state index contributed by atoms with van der Waals surface area (Å²) in [5.41, 5.74) is 1.91. The zero-order chi connectivity index (χ0) is 23.0. The summed E-state index contributed by atoms with van der Waals surface area (Å²) in [6.07, 6.45) is 1.73. The van der Waals surface area contributed by atoms with Crippen molar-refractivity contribution in [2.75, 3.05) is 25.0 Å². The molecule has 4 amide bonds. The SMILES string of the molecule is Cc1ccc(NC(=O)N2CCC(C(NC(=O)CC(C)C)C(=O)NCC(C)C)CC2)cc1. The third-order valence-electron chi connectivity index (χ3n) is 5.48. The van der Waals surface area contributed by atoms with E-state index in [4.69, 9.17) is 0 Å². The predicted octanol–water partition coefficient (Wildman–Crippen LogP) is 3.54. The number of nitrogens with zero attached hydrogens (tertiary/aromatic N) is 1. The molecule has 1 unspecified atom stereocenters. The zero-order valence-electron chi connectivity index (χ0n) is 19.5. The summed E-state index contributed by atoms with van der Waals surface area (Å²) in [7, 11) is 0. The van der Waals surface area contributed by atoms with E-state index in [9.17, 15) is 14.4 Å². The first kappa shape index (κ1) is 24.7. The van der Waals surface area contributed by atoms with Crippen LogP contribution in [0.4, 0.5) is 10.5 Å². The highest BCUT2D eigenvalue weighted by Gasteiger charge is 2.33. The number of aryl methyl sites for hydroxylation is 1. The number of rotatable bonds is 8. The lowest BCUT2D eigenvalue weighted by molar-refractivity contribution is -0.131. The molecule has 2 rings (SSSR count). The predicted molar refractivity (Wildman–Crippen MR) is 124 cm³/mol. The van der Waals surface area contributed by atoms with E-state index in [0.29, 0.717) is 44.8 Å². The average molecular weight is 431 g/mol. The second-order valence-electron chi connectivity index (χ2n) is 9.40. The van der Waals surface area contributed by atoms with Gasteiger partial charge in [0.25, 0.3) is 0 Å². The molecule has 3 N–H and O–H groups in total. The molecular weight excluding hydrogens is 392 g/mol. The number of hydrogen-bond acceptors (Lipinski definition) is 3. The van der Waals surface area contributed by atoms with Gasteiger partial charge in [0.15, 0.2) is 0 Å². The largest absolute Gasteiger partial charge is 0.354 e. The Morgan fingerprint density at radius 2 is 1.61 bits per heavy atom. The van der Waals surface area contributed by atoms with E-state index in [-0.39, 0.29) is 29.7 Å². The Labute approximate surface area is 186 Å². The molecule has 172 valence electrons. The number of likely N-dealkylation sites (tertiary alicyclic amines) is 1. The summed E-state index contributed by atoms with van der Waals surface area (Å²) in [5.74, 6) is 0.342. The van der Waals surface area contributed by atoms with Crippen LogP contribution in [-0.4, -0.2) is 48.4 Å². The summed E-state index contributed by atoms with van der Waals surface area (Å²) in [5, 5.41) is 8.85. The van der Waals surface area contributed by atoms with E-state index < -0.39 is 6.04 Å². The molecule has 0 spiro atoms. The lowest BCUT2D eigenvalue weighted by atomic mass is 9.88. The van der Waals surface area contributed by atoms with Crippen LogP contribution in [0, 0.1) is 24.7 Å². The highest BCUT2D eigenvalue weighted by atomic mass is 16.2. The third-order valence-corrected chi connectivity index (χ3v) is 5.48. The maximum Gasteiger partial charge on any atom is 0.321 e. The molecule has 0 aromatic heterocycles. The molecule has 1 aromatic carbocycles. The molecule has 0 saturated carbocycles. The quantitative estimate of drug-likeness (QED) is 0.589. The second-order valence-corrected chi connectivity index (χ2v) is 9.40. The van der Waals surface area contributed by atoms with Crippen LogP contribution in [0.25, 0.3) is 0 Å². The Morgan fingerprint density at radius 3 is 2.16 bits per heavy atom. The van der Waals surface area contributed by atoms with Crippen molar-refractivity contribution >= 4 is 23.5 Å². The first-order valence-electron chi connectivity index (χ1n) is 11.3. The standard InChI is InChI=1S/C24H38N4O3/c1-16(2)14-21(29)27-22(23(30)25-15-17(3)4)19-10-12-28(13-11-19)24(31)26-20-8-6-18(5)7-9-20/h6-9,16-17,19,22H,10-15H2,1-5H3,(H,25,30)(H,26,31)(H,27,29). The van der Waals surface area contributed by atoms with E-state index >= 15 is 0 Å². The van der Waals surface area contributed by atoms with E-state index in [1.807, 2.05) is 58.9 Å². The van der Waals surface area contributed by atoms with Gasteiger partial charge in [-0.1, -0.05) is 45.4 Å². The number of carbonyl (C=O) groups is 3. The van der Waals surface area contributed by atoms with E-state index in [2.05, 4.69) is 16.0 Å². The van der Waals surface area contributed by atoms with Crippen molar-refractivity contribution < 1.29 is 14.4 Å². The van der Waals surface area contributed by atoms with Gasteiger partial charge in [0, 0.05) is 31.7 Å². The second kappa shape index (κ2) is 11.7. The maximum atomic E-state index is 12.8. The summed E-state index contributed by atoms with van der Waals surface area (Å²) in [6.45, 7) is 11.7. The number of nitrogens with one attached hydrogen (secondary N) is 3. The minimum Gasteiger partial charge on any atom is -0.354 e. The van der Waals surface area contributed by atoms with Crippen LogP contribution >= 0.6 is 0 Å². The van der Waals surface area contributed by atoms with Crippen LogP contribution in [0.5, 0.6) is 0 Å². The molecule has 1 aliphatic heterocycles. The number of carbonyl (C=O) groups excluding carboxylic acids is 3. The van der Waals surface area contributed by atoms with Gasteiger partial charge in [0.2, 0.25) is 11.8 Å². The first-order valence-corrected chi connectivity index (χ1v) is 11.3. The lowest BCUT2D eigenvalue weighted by Crippen LogP contribution is -2.54. The van der Waals surface area contributed by atoms with Crippen molar-refractivity contribution in [1.82, 2.24) is 15.5 Å². The smallest absolute Gasteiger partial charge is 0.321 e. The maximum absolute atomic E-state index is 12.8. The fraction of sp³-hybridized carbons (Fsp3) is 0.625. The minimum atomic E-state index is -0.563. The molecule has 1 aromatic rings. The highest BCUT2D eigenvalue weighted by Crippen LogP contribution is 2.22. The fourth-order valence-corrected chi connectivity index (χ4v) is 3.69. The molecule has 0 bridgehead atoms. The Kier molecular flexibility index (Phi) is 9.34. The topological polar surface area (TPSA) is 90.5 Å². The van der Waals surface area contributed by atoms with Crippen molar-refractivity contribution in [3.05, 3.63) is 29.8 Å². The van der Waals surface area contributed by atoms with Crippen LogP contribution < -0.4 is 16.0 Å². The molecule has 1 aliphatic rings. The molecule has 1 atom stereocenters. The zero-order valence-corrected chi connectivity index (χ0v) is 19.5. The van der Waals surface area contributed by atoms with E-state index in [1.165, 1.54) is 0 Å². The number of urea groups is 1. The van der Waals surface area contributed by atoms with Gasteiger partial charge < -0.3 is 20.9 Å². The summed E-state index contributed by atoms with van der Waals surface area (Å²) < 4.78 is 0. The van der Waals surface area contributed by atoms with Crippen LogP contribution in [0.1, 0.15) is 52.5 Å². The third kappa shape index (κ3) is 8.23. The van der Waals surface area contributed by atoms with Gasteiger partial charge in [-0.3, -0.25) is 9.59 Å². The van der Waals surface area contributed by atoms with Gasteiger partial charge in [-0.25, -0.2) is 4.79 Å². The average Bonchev–Trinajstić information content (AvgIpc) is 2.71. The summed E-state index contributed by atoms with van der Waals surface area (Å²) in [6, 6.07) is 7.00. The number of amides is 4. The highest BCUT2D eigenvalue weighted by molar-refractivity contribution is 5.90. The van der Waals surface area contributed by atoms with Crippen molar-refractivity contribution in [3.63, 3.8) is 0 Å². The minimum absolute atomic E-state index is 0.00620. The van der Waals surface area contributed by atoms with Crippen LogP contribution in [0.2, 0.25) is 0 Å². The van der Waals surface area contributed by atoms with Crippen molar-refractivity contribution in [2.45, 2.75) is 59.9 Å².